The normalized spacial score (nSPS) is 10.8. The quantitative estimate of drug-likeness (QED) is 0.376. The number of hydrogen-bond acceptors (Lipinski definition) is 8. The Kier molecular flexibility index (Phi) is 4.67. The van der Waals surface area contributed by atoms with Crippen molar-refractivity contribution in [3.63, 3.8) is 0 Å². The molecular weight excluding hydrogens is 272 g/mol. The van der Waals surface area contributed by atoms with Crippen LogP contribution in [0.4, 0.5) is 11.5 Å². The predicted molar refractivity (Wildman–Crippen MR) is 67.8 cm³/mol. The molecule has 0 aliphatic rings. The number of aromatic amines is 2. The van der Waals surface area contributed by atoms with Crippen molar-refractivity contribution in [2.75, 3.05) is 25.3 Å². The largest absolute Gasteiger partial charge is 0.466 e. The fourth-order valence-corrected chi connectivity index (χ4v) is 1.20. The Bertz CT molecular complexity index is 671. The van der Waals surface area contributed by atoms with E-state index in [1.54, 1.807) is 0 Å². The number of H-pyrrole nitrogens is 2. The van der Waals surface area contributed by atoms with E-state index >= 15 is 0 Å². The molecule has 0 spiro atoms. The van der Waals surface area contributed by atoms with Gasteiger partial charge in [0.2, 0.25) is 0 Å². The molecular formula is C10H12N4O6. The Morgan fingerprint density at radius 1 is 1.20 bits per heavy atom. The molecule has 0 amide bonds. The second kappa shape index (κ2) is 6.22. The third-order valence-electron chi connectivity index (χ3n) is 2.10. The second-order valence-corrected chi connectivity index (χ2v) is 3.39. The fourth-order valence-electron chi connectivity index (χ4n) is 1.20. The maximum absolute atomic E-state index is 11.5. The molecule has 1 aromatic rings. The van der Waals surface area contributed by atoms with Crippen molar-refractivity contribution in [3.8, 4) is 0 Å². The van der Waals surface area contributed by atoms with Crippen LogP contribution in [-0.2, 0) is 19.1 Å². The summed E-state index contributed by atoms with van der Waals surface area (Å²) in [6, 6.07) is 0. The third kappa shape index (κ3) is 3.48. The summed E-state index contributed by atoms with van der Waals surface area (Å²) < 4.78 is 8.79. The van der Waals surface area contributed by atoms with E-state index < -0.39 is 23.2 Å². The summed E-state index contributed by atoms with van der Waals surface area (Å²) in [4.78, 5) is 49.1. The highest BCUT2D eigenvalue weighted by Crippen LogP contribution is 2.10. The maximum Gasteiger partial charge on any atom is 0.354 e. The number of rotatable bonds is 4. The number of carbonyl (C=O) groups excluding carboxylic acids is 2. The maximum atomic E-state index is 11.5. The number of aromatic nitrogens is 2. The number of ether oxygens (including phenoxy) is 2. The van der Waals surface area contributed by atoms with Crippen LogP contribution in [0.1, 0.15) is 0 Å². The summed E-state index contributed by atoms with van der Waals surface area (Å²) in [6.07, 6.45) is 0.774. The van der Waals surface area contributed by atoms with E-state index in [1.807, 2.05) is 4.98 Å². The number of anilines is 2. The Morgan fingerprint density at radius 3 is 2.35 bits per heavy atom. The van der Waals surface area contributed by atoms with Crippen LogP contribution < -0.4 is 22.3 Å². The summed E-state index contributed by atoms with van der Waals surface area (Å²) in [6.45, 7) is 0. The van der Waals surface area contributed by atoms with Gasteiger partial charge in [-0.05, 0) is 0 Å². The standard InChI is InChI=1S/C10H12N4O6/c1-19-5(15)3-4(9(17)20-2)12-6-7(11)13-10(18)14-8(6)16/h3,12H,1-2H3,(H4,11,13,14,16,18)/b4-3-. The zero-order valence-electron chi connectivity index (χ0n) is 10.6. The Morgan fingerprint density at radius 2 is 1.85 bits per heavy atom. The van der Waals surface area contributed by atoms with Crippen LogP contribution in [0.3, 0.4) is 0 Å². The van der Waals surface area contributed by atoms with Gasteiger partial charge in [0.25, 0.3) is 5.56 Å². The van der Waals surface area contributed by atoms with Gasteiger partial charge >= 0.3 is 17.6 Å². The van der Waals surface area contributed by atoms with E-state index in [0.29, 0.717) is 0 Å². The van der Waals surface area contributed by atoms with Gasteiger partial charge in [-0.1, -0.05) is 0 Å². The second-order valence-electron chi connectivity index (χ2n) is 3.39. The Hall–Kier alpha value is -3.04. The Balaban J connectivity index is 3.24. The average Bonchev–Trinajstić information content (AvgIpc) is 2.40. The lowest BCUT2D eigenvalue weighted by molar-refractivity contribution is -0.138. The zero-order valence-corrected chi connectivity index (χ0v) is 10.6. The summed E-state index contributed by atoms with van der Waals surface area (Å²) in [5.41, 5.74) is 3.06. The highest BCUT2D eigenvalue weighted by molar-refractivity contribution is 5.99. The van der Waals surface area contributed by atoms with Crippen molar-refractivity contribution in [2.24, 2.45) is 0 Å². The average molecular weight is 284 g/mol. The fraction of sp³-hybridized carbons (Fsp3) is 0.200. The first-order valence-corrected chi connectivity index (χ1v) is 5.16. The molecule has 0 aromatic carbocycles. The van der Waals surface area contributed by atoms with E-state index in [0.717, 1.165) is 20.3 Å². The minimum Gasteiger partial charge on any atom is -0.466 e. The molecule has 0 atom stereocenters. The molecule has 0 radical (unpaired) electrons. The summed E-state index contributed by atoms with van der Waals surface area (Å²) in [5, 5.41) is 2.31. The molecule has 1 rings (SSSR count). The summed E-state index contributed by atoms with van der Waals surface area (Å²) >= 11 is 0. The third-order valence-corrected chi connectivity index (χ3v) is 2.10. The number of nitrogens with one attached hydrogen (secondary N) is 3. The molecule has 0 fully saturated rings. The first-order chi connectivity index (χ1) is 9.38. The zero-order chi connectivity index (χ0) is 15.3. The van der Waals surface area contributed by atoms with Crippen LogP contribution in [0.2, 0.25) is 0 Å². The first-order valence-electron chi connectivity index (χ1n) is 5.16. The molecule has 10 heteroatoms. The molecule has 20 heavy (non-hydrogen) atoms. The molecule has 1 aromatic heterocycles. The van der Waals surface area contributed by atoms with E-state index in [1.165, 1.54) is 0 Å². The van der Waals surface area contributed by atoms with Crippen LogP contribution in [0.5, 0.6) is 0 Å². The van der Waals surface area contributed by atoms with E-state index in [2.05, 4.69) is 19.8 Å². The van der Waals surface area contributed by atoms with Crippen LogP contribution >= 0.6 is 0 Å². The van der Waals surface area contributed by atoms with Crippen molar-refractivity contribution >= 4 is 23.4 Å². The number of nitrogen functional groups attached to an aromatic ring is 1. The number of esters is 2. The minimum atomic E-state index is -0.930. The summed E-state index contributed by atoms with van der Waals surface area (Å²) in [7, 11) is 2.19. The molecule has 0 unspecified atom stereocenters. The lowest BCUT2D eigenvalue weighted by Crippen LogP contribution is -2.28. The highest BCUT2D eigenvalue weighted by Gasteiger charge is 2.16. The SMILES string of the molecule is COC(=O)/C=C(\Nc1c(N)[nH]c(=O)[nH]c1=O)C(=O)OC. The lowest BCUT2D eigenvalue weighted by atomic mass is 10.3. The van der Waals surface area contributed by atoms with Gasteiger partial charge in [-0.15, -0.1) is 0 Å². The van der Waals surface area contributed by atoms with Gasteiger partial charge in [-0.25, -0.2) is 14.4 Å². The van der Waals surface area contributed by atoms with Crippen LogP contribution in [0, 0.1) is 0 Å². The van der Waals surface area contributed by atoms with Gasteiger partial charge in [0.1, 0.15) is 17.2 Å². The van der Waals surface area contributed by atoms with Crippen LogP contribution in [0.25, 0.3) is 0 Å². The minimum absolute atomic E-state index is 0.307. The van der Waals surface area contributed by atoms with Gasteiger partial charge in [0.15, 0.2) is 0 Å². The van der Waals surface area contributed by atoms with Crippen LogP contribution in [-0.4, -0.2) is 36.1 Å². The van der Waals surface area contributed by atoms with E-state index in [4.69, 9.17) is 5.73 Å². The Labute approximate surface area is 111 Å². The van der Waals surface area contributed by atoms with Gasteiger partial charge in [-0.3, -0.25) is 14.8 Å². The number of nitrogens with two attached hydrogens (primary N) is 1. The first kappa shape index (κ1) is 15.0. The van der Waals surface area contributed by atoms with Crippen molar-refractivity contribution < 1.29 is 19.1 Å². The van der Waals surface area contributed by atoms with Crippen molar-refractivity contribution in [1.29, 1.82) is 0 Å². The van der Waals surface area contributed by atoms with Crippen molar-refractivity contribution in [3.05, 3.63) is 32.6 Å². The van der Waals surface area contributed by atoms with Crippen molar-refractivity contribution in [1.82, 2.24) is 9.97 Å². The molecule has 0 saturated heterocycles. The van der Waals surface area contributed by atoms with Gasteiger partial charge in [-0.2, -0.15) is 0 Å². The smallest absolute Gasteiger partial charge is 0.354 e. The molecule has 0 bridgehead atoms. The number of carbonyl (C=O) groups is 2. The molecule has 1 heterocycles. The lowest BCUT2D eigenvalue weighted by Gasteiger charge is -2.09. The molecule has 0 aliphatic carbocycles. The topological polar surface area (TPSA) is 156 Å². The molecule has 5 N–H and O–H groups in total. The van der Waals surface area contributed by atoms with Gasteiger partial charge < -0.3 is 20.5 Å². The van der Waals surface area contributed by atoms with Crippen molar-refractivity contribution in [2.45, 2.75) is 0 Å². The predicted octanol–water partition coefficient (Wildman–Crippen LogP) is -1.71. The molecule has 0 saturated carbocycles. The number of methoxy groups -OCH3 is 2. The summed E-state index contributed by atoms with van der Waals surface area (Å²) in [5.74, 6) is -2.09. The highest BCUT2D eigenvalue weighted by atomic mass is 16.5. The van der Waals surface area contributed by atoms with Gasteiger partial charge in [0, 0.05) is 0 Å². The van der Waals surface area contributed by atoms with Crippen LogP contribution in [0.15, 0.2) is 21.4 Å². The van der Waals surface area contributed by atoms with Gasteiger partial charge in [0.05, 0.1) is 20.3 Å². The molecule has 10 nitrogen and oxygen atoms in total. The molecule has 108 valence electrons. The monoisotopic (exact) mass is 284 g/mol. The molecule has 0 aliphatic heterocycles. The number of hydrogen-bond donors (Lipinski definition) is 4. The van der Waals surface area contributed by atoms with E-state index in [9.17, 15) is 19.2 Å². The van der Waals surface area contributed by atoms with E-state index in [-0.39, 0.29) is 17.2 Å².